The molecule has 112 valence electrons. The van der Waals surface area contributed by atoms with Crippen molar-refractivity contribution in [2.45, 2.75) is 32.1 Å². The molecule has 1 saturated carbocycles. The van der Waals surface area contributed by atoms with E-state index in [9.17, 15) is 5.26 Å². The third-order valence-corrected chi connectivity index (χ3v) is 4.00. The second-order valence-electron chi connectivity index (χ2n) is 5.15. The van der Waals surface area contributed by atoms with Gasteiger partial charge in [-0.05, 0) is 25.8 Å². The summed E-state index contributed by atoms with van der Waals surface area (Å²) in [6.07, 6.45) is 2.94. The highest BCUT2D eigenvalue weighted by molar-refractivity contribution is 5.96. The number of ether oxygens (including phenoxy) is 2. The van der Waals surface area contributed by atoms with Gasteiger partial charge in [0.25, 0.3) is 0 Å². The molecule has 0 bridgehead atoms. The van der Waals surface area contributed by atoms with Crippen molar-refractivity contribution < 1.29 is 9.47 Å². The minimum Gasteiger partial charge on any atom is -0.493 e. The van der Waals surface area contributed by atoms with Crippen LogP contribution in [-0.4, -0.2) is 26.5 Å². The monoisotopic (exact) mass is 286 g/mol. The average molecular weight is 286 g/mol. The lowest BCUT2D eigenvalue weighted by atomic mass is 9.76. The van der Waals surface area contributed by atoms with Gasteiger partial charge in [-0.1, -0.05) is 18.6 Å². The highest BCUT2D eigenvalue weighted by Gasteiger charge is 2.32. The van der Waals surface area contributed by atoms with Gasteiger partial charge in [-0.2, -0.15) is 5.26 Å². The molecular formula is C17H22N2O2. The molecule has 2 atom stereocenters. The molecule has 0 radical (unpaired) electrons. The van der Waals surface area contributed by atoms with E-state index in [1.807, 2.05) is 19.1 Å². The van der Waals surface area contributed by atoms with Crippen molar-refractivity contribution in [3.63, 3.8) is 0 Å². The van der Waals surface area contributed by atoms with Crippen LogP contribution in [0, 0.1) is 17.2 Å². The van der Waals surface area contributed by atoms with E-state index in [0.29, 0.717) is 6.54 Å². The number of rotatable bonds is 4. The lowest BCUT2D eigenvalue weighted by Crippen LogP contribution is -2.27. The van der Waals surface area contributed by atoms with Crippen LogP contribution in [0.25, 0.3) is 0 Å². The van der Waals surface area contributed by atoms with Crippen LogP contribution in [-0.2, 0) is 0 Å². The van der Waals surface area contributed by atoms with Crippen molar-refractivity contribution in [1.29, 1.82) is 5.26 Å². The Morgan fingerprint density at radius 1 is 1.29 bits per heavy atom. The zero-order valence-corrected chi connectivity index (χ0v) is 12.9. The van der Waals surface area contributed by atoms with E-state index in [2.05, 4.69) is 17.1 Å². The van der Waals surface area contributed by atoms with Gasteiger partial charge in [0.2, 0.25) is 0 Å². The van der Waals surface area contributed by atoms with E-state index in [1.54, 1.807) is 14.2 Å². The van der Waals surface area contributed by atoms with E-state index in [-0.39, 0.29) is 11.8 Å². The first-order valence-electron chi connectivity index (χ1n) is 7.41. The first kappa shape index (κ1) is 15.4. The number of aliphatic imine (C=N–C) groups is 1. The lowest BCUT2D eigenvalue weighted by molar-refractivity contribution is 0.349. The zero-order chi connectivity index (χ0) is 15.2. The molecule has 0 aromatic heterocycles. The SMILES string of the molecule is CCN=C1C(C#N)CCCC1c1cccc(OC)c1OC. The molecule has 0 N–H and O–H groups in total. The third kappa shape index (κ3) is 3.02. The molecule has 4 nitrogen and oxygen atoms in total. The smallest absolute Gasteiger partial charge is 0.164 e. The van der Waals surface area contributed by atoms with Crippen molar-refractivity contribution in [2.75, 3.05) is 20.8 Å². The molecule has 2 rings (SSSR count). The molecule has 1 aliphatic carbocycles. The average Bonchev–Trinajstić information content (AvgIpc) is 2.54. The number of benzene rings is 1. The number of nitrogens with zero attached hydrogens (tertiary/aromatic N) is 2. The van der Waals surface area contributed by atoms with Crippen molar-refractivity contribution in [1.82, 2.24) is 0 Å². The van der Waals surface area contributed by atoms with Crippen LogP contribution < -0.4 is 9.47 Å². The van der Waals surface area contributed by atoms with E-state index < -0.39 is 0 Å². The molecule has 0 amide bonds. The molecule has 0 saturated heterocycles. The van der Waals surface area contributed by atoms with E-state index in [4.69, 9.17) is 9.47 Å². The fraction of sp³-hybridized carbons (Fsp3) is 0.529. The molecular weight excluding hydrogens is 264 g/mol. The summed E-state index contributed by atoms with van der Waals surface area (Å²) in [6, 6.07) is 8.32. The maximum Gasteiger partial charge on any atom is 0.164 e. The highest BCUT2D eigenvalue weighted by Crippen LogP contribution is 2.42. The molecule has 1 aliphatic rings. The molecule has 1 aromatic carbocycles. The molecule has 1 aromatic rings. The Balaban J connectivity index is 2.48. The van der Waals surface area contributed by atoms with Crippen molar-refractivity contribution in [3.05, 3.63) is 23.8 Å². The van der Waals surface area contributed by atoms with Crippen molar-refractivity contribution >= 4 is 5.71 Å². The van der Waals surface area contributed by atoms with Crippen LogP contribution >= 0.6 is 0 Å². The minimum absolute atomic E-state index is 0.0837. The minimum atomic E-state index is -0.0837. The largest absolute Gasteiger partial charge is 0.493 e. The van der Waals surface area contributed by atoms with E-state index in [1.165, 1.54) is 0 Å². The summed E-state index contributed by atoms with van der Waals surface area (Å²) in [5.41, 5.74) is 2.07. The topological polar surface area (TPSA) is 54.6 Å². The molecule has 21 heavy (non-hydrogen) atoms. The summed E-state index contributed by atoms with van der Waals surface area (Å²) in [7, 11) is 3.30. The molecule has 0 spiro atoms. The van der Waals surface area contributed by atoms with Crippen molar-refractivity contribution in [2.24, 2.45) is 10.9 Å². The van der Waals surface area contributed by atoms with Gasteiger partial charge in [0.05, 0.1) is 26.2 Å². The second kappa shape index (κ2) is 7.12. The van der Waals surface area contributed by atoms with Gasteiger partial charge < -0.3 is 9.47 Å². The Kier molecular flexibility index (Phi) is 5.21. The van der Waals surface area contributed by atoms with Gasteiger partial charge in [0.15, 0.2) is 11.5 Å². The van der Waals surface area contributed by atoms with Gasteiger partial charge >= 0.3 is 0 Å². The molecule has 1 fully saturated rings. The van der Waals surface area contributed by atoms with Gasteiger partial charge in [0.1, 0.15) is 0 Å². The number of nitriles is 1. The summed E-state index contributed by atoms with van der Waals surface area (Å²) >= 11 is 0. The maximum atomic E-state index is 9.39. The predicted molar refractivity (Wildman–Crippen MR) is 83.2 cm³/mol. The molecule has 0 aliphatic heterocycles. The number of methoxy groups -OCH3 is 2. The Morgan fingerprint density at radius 3 is 2.71 bits per heavy atom. The zero-order valence-electron chi connectivity index (χ0n) is 12.9. The molecule has 4 heteroatoms. The summed E-state index contributed by atoms with van der Waals surface area (Å²) in [4.78, 5) is 4.62. The van der Waals surface area contributed by atoms with Crippen LogP contribution in [0.3, 0.4) is 0 Å². The maximum absolute atomic E-state index is 9.39. The van der Waals surface area contributed by atoms with Crippen LogP contribution in [0.5, 0.6) is 11.5 Å². The number of para-hydroxylation sites is 1. The lowest BCUT2D eigenvalue weighted by Gasteiger charge is -2.29. The van der Waals surface area contributed by atoms with Crippen LogP contribution in [0.1, 0.15) is 37.7 Å². The van der Waals surface area contributed by atoms with Crippen LogP contribution in [0.4, 0.5) is 0 Å². The number of hydrogen-bond acceptors (Lipinski definition) is 4. The van der Waals surface area contributed by atoms with Gasteiger partial charge in [-0.15, -0.1) is 0 Å². The van der Waals surface area contributed by atoms with Crippen LogP contribution in [0.15, 0.2) is 23.2 Å². The van der Waals surface area contributed by atoms with Crippen LogP contribution in [0.2, 0.25) is 0 Å². The fourth-order valence-electron chi connectivity index (χ4n) is 3.10. The normalized spacial score (nSPS) is 23.6. The van der Waals surface area contributed by atoms with E-state index in [0.717, 1.165) is 42.0 Å². The fourth-order valence-corrected chi connectivity index (χ4v) is 3.10. The third-order valence-electron chi connectivity index (χ3n) is 4.00. The summed E-state index contributed by atoms with van der Waals surface area (Å²) in [5, 5.41) is 9.39. The quantitative estimate of drug-likeness (QED) is 0.850. The Morgan fingerprint density at radius 2 is 2.10 bits per heavy atom. The van der Waals surface area contributed by atoms with E-state index >= 15 is 0 Å². The van der Waals surface area contributed by atoms with Gasteiger partial charge in [-0.3, -0.25) is 4.99 Å². The Labute approximate surface area is 126 Å². The summed E-state index contributed by atoms with van der Waals surface area (Å²) in [5.74, 6) is 1.55. The second-order valence-corrected chi connectivity index (χ2v) is 5.15. The number of hydrogen-bond donors (Lipinski definition) is 0. The van der Waals surface area contributed by atoms with Gasteiger partial charge in [-0.25, -0.2) is 0 Å². The van der Waals surface area contributed by atoms with Gasteiger partial charge in [0, 0.05) is 23.7 Å². The summed E-state index contributed by atoms with van der Waals surface area (Å²) < 4.78 is 10.9. The summed E-state index contributed by atoms with van der Waals surface area (Å²) in [6.45, 7) is 2.71. The van der Waals surface area contributed by atoms with Crippen molar-refractivity contribution in [3.8, 4) is 17.6 Å². The first-order valence-corrected chi connectivity index (χ1v) is 7.41. The Bertz CT molecular complexity index is 560. The Hall–Kier alpha value is -2.02. The standard InChI is InChI=1S/C17H22N2O2/c1-4-19-16-12(11-18)7-5-8-13(16)14-9-6-10-15(20-2)17(14)21-3/h6,9-10,12-13H,4-5,7-8H2,1-3H3. The molecule has 2 unspecified atom stereocenters. The first-order chi connectivity index (χ1) is 10.3. The predicted octanol–water partition coefficient (Wildman–Crippen LogP) is 3.57. The highest BCUT2D eigenvalue weighted by atomic mass is 16.5. The molecule has 0 heterocycles.